The van der Waals surface area contributed by atoms with Gasteiger partial charge in [0.2, 0.25) is 5.91 Å². The van der Waals surface area contributed by atoms with Crippen molar-refractivity contribution in [1.82, 2.24) is 10.2 Å². The van der Waals surface area contributed by atoms with Gasteiger partial charge >= 0.3 is 5.97 Å². The van der Waals surface area contributed by atoms with Gasteiger partial charge in [0.1, 0.15) is 11.6 Å². The van der Waals surface area contributed by atoms with Crippen molar-refractivity contribution >= 4 is 11.9 Å². The predicted molar refractivity (Wildman–Crippen MR) is 84.3 cm³/mol. The number of halogens is 2. The summed E-state index contributed by atoms with van der Waals surface area (Å²) in [6.07, 6.45) is 1.93. The predicted octanol–water partition coefficient (Wildman–Crippen LogP) is 2.33. The average Bonchev–Trinajstić information content (AvgIpc) is 2.55. The molecule has 1 atom stereocenters. The standard InChI is InChI=1S/C17H22F2N2O3/c1-2-21-7-5-11(6-8-21)9-15(22)20-16(17(23)24)13-10-12(18)3-4-14(13)19/h3-4,10-11,16H,2,5-9H2,1H3,(H,20,22)(H,23,24)/t16-/m0/s1. The molecule has 1 amide bonds. The van der Waals surface area contributed by atoms with Crippen molar-refractivity contribution in [3.8, 4) is 0 Å². The highest BCUT2D eigenvalue weighted by atomic mass is 19.1. The summed E-state index contributed by atoms with van der Waals surface area (Å²) in [7, 11) is 0. The zero-order chi connectivity index (χ0) is 17.7. The Balaban J connectivity index is 1.99. The molecule has 0 bridgehead atoms. The first-order chi connectivity index (χ1) is 11.4. The van der Waals surface area contributed by atoms with E-state index >= 15 is 0 Å². The van der Waals surface area contributed by atoms with E-state index < -0.39 is 29.6 Å². The zero-order valence-corrected chi connectivity index (χ0v) is 13.6. The maximum atomic E-state index is 13.8. The number of carboxylic acid groups (broad SMARTS) is 1. The van der Waals surface area contributed by atoms with Gasteiger partial charge in [0.25, 0.3) is 0 Å². The molecule has 1 fully saturated rings. The summed E-state index contributed by atoms with van der Waals surface area (Å²) in [4.78, 5) is 25.8. The Labute approximate surface area is 139 Å². The lowest BCUT2D eigenvalue weighted by molar-refractivity contribution is -0.142. The van der Waals surface area contributed by atoms with Crippen LogP contribution >= 0.6 is 0 Å². The van der Waals surface area contributed by atoms with Crippen LogP contribution in [0.25, 0.3) is 0 Å². The largest absolute Gasteiger partial charge is 0.479 e. The minimum atomic E-state index is -1.59. The van der Waals surface area contributed by atoms with Crippen LogP contribution in [0.4, 0.5) is 8.78 Å². The van der Waals surface area contributed by atoms with Crippen LogP contribution < -0.4 is 5.32 Å². The number of carbonyl (C=O) groups excluding carboxylic acids is 1. The van der Waals surface area contributed by atoms with Crippen LogP contribution in [0.1, 0.15) is 37.8 Å². The van der Waals surface area contributed by atoms with E-state index in [1.807, 2.05) is 0 Å². The van der Waals surface area contributed by atoms with E-state index in [9.17, 15) is 23.5 Å². The van der Waals surface area contributed by atoms with Crippen LogP contribution in [0, 0.1) is 17.6 Å². The molecule has 1 aromatic rings. The lowest BCUT2D eigenvalue weighted by Crippen LogP contribution is -2.38. The molecule has 7 heteroatoms. The maximum absolute atomic E-state index is 13.8. The molecule has 0 saturated carbocycles. The van der Waals surface area contributed by atoms with Gasteiger partial charge in [-0.15, -0.1) is 0 Å². The number of nitrogens with zero attached hydrogens (tertiary/aromatic N) is 1. The first-order valence-corrected chi connectivity index (χ1v) is 8.10. The molecule has 132 valence electrons. The summed E-state index contributed by atoms with van der Waals surface area (Å²) in [6.45, 7) is 4.88. The number of carboxylic acids is 1. The minimum Gasteiger partial charge on any atom is -0.479 e. The monoisotopic (exact) mass is 340 g/mol. The number of piperidine rings is 1. The Morgan fingerprint density at radius 3 is 2.58 bits per heavy atom. The molecule has 0 aliphatic carbocycles. The number of amides is 1. The molecule has 0 unspecified atom stereocenters. The zero-order valence-electron chi connectivity index (χ0n) is 13.6. The number of benzene rings is 1. The summed E-state index contributed by atoms with van der Waals surface area (Å²) < 4.78 is 27.1. The number of nitrogens with one attached hydrogen (secondary N) is 1. The molecule has 24 heavy (non-hydrogen) atoms. The van der Waals surface area contributed by atoms with Crippen molar-refractivity contribution in [2.75, 3.05) is 19.6 Å². The second-order valence-corrected chi connectivity index (χ2v) is 6.09. The first kappa shape index (κ1) is 18.3. The van der Waals surface area contributed by atoms with Gasteiger partial charge in [0.15, 0.2) is 6.04 Å². The summed E-state index contributed by atoms with van der Waals surface area (Å²) in [5, 5.41) is 11.6. The van der Waals surface area contributed by atoms with Crippen molar-refractivity contribution in [2.45, 2.75) is 32.2 Å². The van der Waals surface area contributed by atoms with Gasteiger partial charge < -0.3 is 15.3 Å². The fourth-order valence-electron chi connectivity index (χ4n) is 3.00. The van der Waals surface area contributed by atoms with Gasteiger partial charge in [0, 0.05) is 12.0 Å². The van der Waals surface area contributed by atoms with Crippen molar-refractivity contribution in [1.29, 1.82) is 0 Å². The fourth-order valence-corrected chi connectivity index (χ4v) is 3.00. The Kier molecular flexibility index (Phi) is 6.25. The molecule has 2 N–H and O–H groups in total. The van der Waals surface area contributed by atoms with Crippen molar-refractivity contribution < 1.29 is 23.5 Å². The third-order valence-corrected chi connectivity index (χ3v) is 4.45. The number of likely N-dealkylation sites (tertiary alicyclic amines) is 1. The Morgan fingerprint density at radius 2 is 2.00 bits per heavy atom. The molecule has 0 spiro atoms. The molecule has 1 aromatic carbocycles. The molecule has 0 radical (unpaired) electrons. The highest BCUT2D eigenvalue weighted by Crippen LogP contribution is 2.22. The van der Waals surface area contributed by atoms with Crippen molar-refractivity contribution in [2.24, 2.45) is 5.92 Å². The first-order valence-electron chi connectivity index (χ1n) is 8.10. The van der Waals surface area contributed by atoms with Gasteiger partial charge in [0.05, 0.1) is 0 Å². The van der Waals surface area contributed by atoms with E-state index in [-0.39, 0.29) is 17.9 Å². The molecule has 1 saturated heterocycles. The average molecular weight is 340 g/mol. The molecule has 1 aliphatic heterocycles. The molecule has 0 aromatic heterocycles. The number of rotatable bonds is 6. The molecular weight excluding hydrogens is 318 g/mol. The van der Waals surface area contributed by atoms with Gasteiger partial charge in [-0.3, -0.25) is 4.79 Å². The summed E-state index contributed by atoms with van der Waals surface area (Å²) in [6, 6.07) is 0.964. The third-order valence-electron chi connectivity index (χ3n) is 4.45. The molecule has 2 rings (SSSR count). The fraction of sp³-hybridized carbons (Fsp3) is 0.529. The second-order valence-electron chi connectivity index (χ2n) is 6.09. The van der Waals surface area contributed by atoms with Gasteiger partial charge in [-0.2, -0.15) is 0 Å². The number of carbonyl (C=O) groups is 2. The van der Waals surface area contributed by atoms with E-state index in [2.05, 4.69) is 17.1 Å². The maximum Gasteiger partial charge on any atom is 0.331 e. The summed E-state index contributed by atoms with van der Waals surface area (Å²) >= 11 is 0. The van der Waals surface area contributed by atoms with Gasteiger partial charge in [-0.1, -0.05) is 6.92 Å². The van der Waals surface area contributed by atoms with E-state index in [1.54, 1.807) is 0 Å². The highest BCUT2D eigenvalue weighted by Gasteiger charge is 2.27. The number of aliphatic carboxylic acids is 1. The minimum absolute atomic E-state index is 0.180. The quantitative estimate of drug-likeness (QED) is 0.834. The van der Waals surface area contributed by atoms with Gasteiger partial charge in [-0.25, -0.2) is 13.6 Å². The van der Waals surface area contributed by atoms with Crippen LogP contribution in [-0.2, 0) is 9.59 Å². The number of hydrogen-bond acceptors (Lipinski definition) is 3. The van der Waals surface area contributed by atoms with E-state index in [1.165, 1.54) is 0 Å². The number of hydrogen-bond donors (Lipinski definition) is 2. The van der Waals surface area contributed by atoms with Gasteiger partial charge in [-0.05, 0) is 56.6 Å². The Bertz CT molecular complexity index is 601. The Hall–Kier alpha value is -2.02. The highest BCUT2D eigenvalue weighted by molar-refractivity contribution is 5.84. The van der Waals surface area contributed by atoms with Crippen LogP contribution in [0.5, 0.6) is 0 Å². The second kappa shape index (κ2) is 8.19. The molecule has 1 heterocycles. The lowest BCUT2D eigenvalue weighted by atomic mass is 9.93. The SMILES string of the molecule is CCN1CCC(CC(=O)N[C@H](C(=O)O)c2cc(F)ccc2F)CC1. The normalized spacial score (nSPS) is 17.5. The molecular formula is C17H22F2N2O3. The van der Waals surface area contributed by atoms with Crippen LogP contribution in [0.2, 0.25) is 0 Å². The smallest absolute Gasteiger partial charge is 0.331 e. The van der Waals surface area contributed by atoms with E-state index in [0.29, 0.717) is 0 Å². The summed E-state index contributed by atoms with van der Waals surface area (Å²) in [5.74, 6) is -3.31. The van der Waals surface area contributed by atoms with E-state index in [0.717, 1.165) is 50.7 Å². The summed E-state index contributed by atoms with van der Waals surface area (Å²) in [5.41, 5.74) is -0.378. The van der Waals surface area contributed by atoms with Crippen LogP contribution in [0.3, 0.4) is 0 Å². The molecule has 1 aliphatic rings. The van der Waals surface area contributed by atoms with Crippen LogP contribution in [-0.4, -0.2) is 41.5 Å². The molecule has 5 nitrogen and oxygen atoms in total. The van der Waals surface area contributed by atoms with Crippen molar-refractivity contribution in [3.63, 3.8) is 0 Å². The third kappa shape index (κ3) is 4.74. The topological polar surface area (TPSA) is 69.6 Å². The Morgan fingerprint density at radius 1 is 1.33 bits per heavy atom. The van der Waals surface area contributed by atoms with Crippen molar-refractivity contribution in [3.05, 3.63) is 35.4 Å². The lowest BCUT2D eigenvalue weighted by Gasteiger charge is -2.30. The van der Waals surface area contributed by atoms with Crippen LogP contribution in [0.15, 0.2) is 18.2 Å². The van der Waals surface area contributed by atoms with E-state index in [4.69, 9.17) is 0 Å².